The lowest BCUT2D eigenvalue weighted by Gasteiger charge is -2.23. The third kappa shape index (κ3) is 3.22. The number of hydrogen-bond donors (Lipinski definition) is 0. The highest BCUT2D eigenvalue weighted by atomic mass is 16.5. The lowest BCUT2D eigenvalue weighted by atomic mass is 10.1. The van der Waals surface area contributed by atoms with E-state index in [1.807, 2.05) is 18.0 Å². The van der Waals surface area contributed by atoms with Gasteiger partial charge in [0.15, 0.2) is 0 Å². The van der Waals surface area contributed by atoms with Gasteiger partial charge in [0.25, 0.3) is 5.91 Å². The van der Waals surface area contributed by atoms with Crippen LogP contribution in [-0.2, 0) is 11.8 Å². The third-order valence-electron chi connectivity index (χ3n) is 4.93. The van der Waals surface area contributed by atoms with Crippen molar-refractivity contribution in [2.75, 3.05) is 44.8 Å². The summed E-state index contributed by atoms with van der Waals surface area (Å²) in [4.78, 5) is 25.2. The zero-order valence-corrected chi connectivity index (χ0v) is 14.9. The fraction of sp³-hybridized carbons (Fsp3) is 0.529. The van der Waals surface area contributed by atoms with Crippen molar-refractivity contribution in [2.45, 2.75) is 6.10 Å². The molecule has 0 aromatic carbocycles. The van der Waals surface area contributed by atoms with Gasteiger partial charge in [0.05, 0.1) is 31.6 Å². The van der Waals surface area contributed by atoms with Crippen molar-refractivity contribution >= 4 is 11.7 Å². The van der Waals surface area contributed by atoms with Crippen molar-refractivity contribution < 1.29 is 14.3 Å². The number of rotatable bonds is 3. The number of aryl methyl sites for hydroxylation is 1. The SMILES string of the molecule is COc1cc(N2C[C@H]3CN(C(=O)c4cnn(C)c4)CCO[C@H]3C2)ncn1. The van der Waals surface area contributed by atoms with Crippen molar-refractivity contribution in [3.05, 3.63) is 30.4 Å². The van der Waals surface area contributed by atoms with Crippen LogP contribution in [-0.4, -0.2) is 76.6 Å². The maximum atomic E-state index is 12.8. The first-order chi connectivity index (χ1) is 12.6. The Kier molecular flexibility index (Phi) is 4.46. The second-order valence-electron chi connectivity index (χ2n) is 6.65. The van der Waals surface area contributed by atoms with Gasteiger partial charge in [-0.25, -0.2) is 9.97 Å². The molecule has 9 nitrogen and oxygen atoms in total. The summed E-state index contributed by atoms with van der Waals surface area (Å²) in [5.74, 6) is 1.60. The van der Waals surface area contributed by atoms with Gasteiger partial charge in [0, 0.05) is 51.4 Å². The van der Waals surface area contributed by atoms with Gasteiger partial charge >= 0.3 is 0 Å². The minimum Gasteiger partial charge on any atom is -0.481 e. The van der Waals surface area contributed by atoms with E-state index in [0.29, 0.717) is 31.1 Å². The van der Waals surface area contributed by atoms with Gasteiger partial charge in [-0.3, -0.25) is 9.48 Å². The number of hydrogen-bond acceptors (Lipinski definition) is 7. The average Bonchev–Trinajstić information content (AvgIpc) is 3.22. The first-order valence-corrected chi connectivity index (χ1v) is 8.64. The van der Waals surface area contributed by atoms with E-state index < -0.39 is 0 Å². The molecular weight excluding hydrogens is 336 g/mol. The maximum absolute atomic E-state index is 12.8. The van der Waals surface area contributed by atoms with E-state index in [9.17, 15) is 4.79 Å². The normalized spacial score (nSPS) is 22.8. The molecule has 4 heterocycles. The summed E-state index contributed by atoms with van der Waals surface area (Å²) in [6.45, 7) is 3.33. The van der Waals surface area contributed by atoms with Crippen molar-refractivity contribution in [3.63, 3.8) is 0 Å². The van der Waals surface area contributed by atoms with Crippen molar-refractivity contribution in [2.24, 2.45) is 13.0 Å². The van der Waals surface area contributed by atoms with E-state index in [1.54, 1.807) is 24.2 Å². The molecule has 138 valence electrons. The second kappa shape index (κ2) is 6.91. The van der Waals surface area contributed by atoms with Crippen LogP contribution in [0.25, 0.3) is 0 Å². The number of methoxy groups -OCH3 is 1. The van der Waals surface area contributed by atoms with Gasteiger partial charge in [0.2, 0.25) is 5.88 Å². The number of fused-ring (bicyclic) bond motifs is 1. The standard InChI is InChI=1S/C17H22N6O3/c1-21-7-12(6-20-21)17(24)22-3-4-26-14-10-23(9-13(14)8-22)15-5-16(25-2)19-11-18-15/h5-7,11,13-14H,3-4,8-10H2,1-2H3/t13-,14+/m1/s1. The van der Waals surface area contributed by atoms with E-state index in [-0.39, 0.29) is 17.9 Å². The van der Waals surface area contributed by atoms with Gasteiger partial charge in [0.1, 0.15) is 12.1 Å². The Labute approximate surface area is 151 Å². The number of carbonyl (C=O) groups excluding carboxylic acids is 1. The van der Waals surface area contributed by atoms with E-state index in [0.717, 1.165) is 18.9 Å². The molecule has 0 saturated carbocycles. The van der Waals surface area contributed by atoms with Gasteiger partial charge in [-0.05, 0) is 0 Å². The third-order valence-corrected chi connectivity index (χ3v) is 4.93. The molecule has 2 aliphatic rings. The monoisotopic (exact) mass is 358 g/mol. The molecule has 0 bridgehead atoms. The fourth-order valence-corrected chi connectivity index (χ4v) is 3.59. The number of anilines is 1. The predicted octanol–water partition coefficient (Wildman–Crippen LogP) is 0.196. The van der Waals surface area contributed by atoms with Crippen molar-refractivity contribution in [1.29, 1.82) is 0 Å². The van der Waals surface area contributed by atoms with Gasteiger partial charge < -0.3 is 19.3 Å². The molecule has 2 aromatic rings. The maximum Gasteiger partial charge on any atom is 0.257 e. The largest absolute Gasteiger partial charge is 0.481 e. The molecule has 0 aliphatic carbocycles. The Hall–Kier alpha value is -2.68. The van der Waals surface area contributed by atoms with Crippen LogP contribution in [0.15, 0.2) is 24.8 Å². The predicted molar refractivity (Wildman–Crippen MR) is 93.1 cm³/mol. The Bertz CT molecular complexity index is 794. The number of carbonyl (C=O) groups is 1. The lowest BCUT2D eigenvalue weighted by Crippen LogP contribution is -2.37. The molecule has 2 fully saturated rings. The lowest BCUT2D eigenvalue weighted by molar-refractivity contribution is 0.0569. The zero-order valence-electron chi connectivity index (χ0n) is 14.9. The molecule has 1 amide bonds. The number of aromatic nitrogens is 4. The minimum absolute atomic E-state index is 0.00417. The van der Waals surface area contributed by atoms with E-state index in [2.05, 4.69) is 20.0 Å². The average molecular weight is 358 g/mol. The molecule has 4 rings (SSSR count). The topological polar surface area (TPSA) is 85.6 Å². The Morgan fingerprint density at radius 1 is 1.31 bits per heavy atom. The first kappa shape index (κ1) is 16.8. The number of nitrogens with zero attached hydrogens (tertiary/aromatic N) is 6. The molecule has 0 spiro atoms. The highest BCUT2D eigenvalue weighted by Gasteiger charge is 2.38. The van der Waals surface area contributed by atoms with E-state index in [4.69, 9.17) is 9.47 Å². The van der Waals surface area contributed by atoms with Gasteiger partial charge in [-0.15, -0.1) is 0 Å². The highest BCUT2D eigenvalue weighted by molar-refractivity contribution is 5.93. The Morgan fingerprint density at radius 3 is 2.96 bits per heavy atom. The Morgan fingerprint density at radius 2 is 2.19 bits per heavy atom. The number of amides is 1. The molecule has 2 aliphatic heterocycles. The zero-order chi connectivity index (χ0) is 18.1. The molecule has 26 heavy (non-hydrogen) atoms. The Balaban J connectivity index is 1.47. The molecule has 0 unspecified atom stereocenters. The highest BCUT2D eigenvalue weighted by Crippen LogP contribution is 2.28. The van der Waals surface area contributed by atoms with Crippen LogP contribution >= 0.6 is 0 Å². The fourth-order valence-electron chi connectivity index (χ4n) is 3.59. The van der Waals surface area contributed by atoms with Crippen molar-refractivity contribution in [1.82, 2.24) is 24.6 Å². The number of ether oxygens (including phenoxy) is 2. The quantitative estimate of drug-likeness (QED) is 0.774. The van der Waals surface area contributed by atoms with Crippen LogP contribution in [0.2, 0.25) is 0 Å². The molecule has 2 saturated heterocycles. The smallest absolute Gasteiger partial charge is 0.257 e. The molecule has 0 radical (unpaired) electrons. The molecule has 0 N–H and O–H groups in total. The first-order valence-electron chi connectivity index (χ1n) is 8.64. The van der Waals surface area contributed by atoms with E-state index >= 15 is 0 Å². The minimum atomic E-state index is 0.00417. The summed E-state index contributed by atoms with van der Waals surface area (Å²) >= 11 is 0. The van der Waals surface area contributed by atoms with Crippen LogP contribution in [0.5, 0.6) is 5.88 Å². The summed E-state index contributed by atoms with van der Waals surface area (Å²) in [6.07, 6.45) is 4.95. The van der Waals surface area contributed by atoms with Gasteiger partial charge in [-0.2, -0.15) is 5.10 Å². The summed E-state index contributed by atoms with van der Waals surface area (Å²) < 4.78 is 12.9. The van der Waals surface area contributed by atoms with Crippen LogP contribution in [0.3, 0.4) is 0 Å². The van der Waals surface area contributed by atoms with Crippen LogP contribution in [0.4, 0.5) is 5.82 Å². The summed E-state index contributed by atoms with van der Waals surface area (Å²) in [7, 11) is 3.40. The molecule has 2 aromatic heterocycles. The molecule has 2 atom stereocenters. The second-order valence-corrected chi connectivity index (χ2v) is 6.65. The van der Waals surface area contributed by atoms with Crippen molar-refractivity contribution in [3.8, 4) is 5.88 Å². The molecular formula is C17H22N6O3. The van der Waals surface area contributed by atoms with E-state index in [1.165, 1.54) is 6.33 Å². The van der Waals surface area contributed by atoms with Gasteiger partial charge in [-0.1, -0.05) is 0 Å². The van der Waals surface area contributed by atoms with Crippen LogP contribution in [0, 0.1) is 5.92 Å². The molecule has 9 heteroatoms. The summed E-state index contributed by atoms with van der Waals surface area (Å²) in [5.41, 5.74) is 0.612. The van der Waals surface area contributed by atoms with Crippen LogP contribution < -0.4 is 9.64 Å². The van der Waals surface area contributed by atoms with Crippen LogP contribution in [0.1, 0.15) is 10.4 Å². The summed E-state index contributed by atoms with van der Waals surface area (Å²) in [5, 5.41) is 4.09. The summed E-state index contributed by atoms with van der Waals surface area (Å²) in [6, 6.07) is 1.82.